The predicted molar refractivity (Wildman–Crippen MR) is 101 cm³/mol. The summed E-state index contributed by atoms with van der Waals surface area (Å²) < 4.78 is 14.3. The molecule has 6 heteroatoms. The summed E-state index contributed by atoms with van der Waals surface area (Å²) in [5, 5.41) is 14.1. The molecule has 0 amide bonds. The largest absolute Gasteiger partial charge is 0.488 e. The highest BCUT2D eigenvalue weighted by atomic mass is 32.1. The van der Waals surface area contributed by atoms with Crippen molar-refractivity contribution >= 4 is 22.8 Å². The van der Waals surface area contributed by atoms with Gasteiger partial charge in [-0.1, -0.05) is 50.2 Å². The molecule has 2 atom stereocenters. The molecular formula is C19H23N3O2S. The predicted octanol–water partition coefficient (Wildman–Crippen LogP) is 3.04. The molecule has 0 aliphatic heterocycles. The number of aliphatic hydroxyl groups excluding tert-OH is 1. The van der Waals surface area contributed by atoms with Crippen LogP contribution in [0.2, 0.25) is 0 Å². The lowest BCUT2D eigenvalue weighted by Crippen LogP contribution is -2.47. The molecule has 0 saturated heterocycles. The first-order valence-electron chi connectivity index (χ1n) is 8.45. The molecule has 0 aliphatic rings. The zero-order valence-electron chi connectivity index (χ0n) is 14.4. The maximum Gasteiger partial charge on any atom is 0.148 e. The van der Waals surface area contributed by atoms with E-state index in [1.54, 1.807) is 0 Å². The summed E-state index contributed by atoms with van der Waals surface area (Å²) in [7, 11) is 0. The number of nitrogens with zero attached hydrogens (tertiary/aromatic N) is 2. The molecule has 0 saturated carbocycles. The Morgan fingerprint density at radius 3 is 2.64 bits per heavy atom. The molecule has 0 aliphatic carbocycles. The van der Waals surface area contributed by atoms with Gasteiger partial charge in [0.25, 0.3) is 0 Å². The van der Waals surface area contributed by atoms with Crippen molar-refractivity contribution in [2.24, 2.45) is 0 Å². The Morgan fingerprint density at radius 1 is 1.08 bits per heavy atom. The van der Waals surface area contributed by atoms with Crippen molar-refractivity contribution in [3.63, 3.8) is 0 Å². The number of hydrogen-bond acceptors (Lipinski definition) is 6. The van der Waals surface area contributed by atoms with E-state index < -0.39 is 6.10 Å². The molecule has 132 valence electrons. The molecule has 2 unspecified atom stereocenters. The van der Waals surface area contributed by atoms with E-state index in [2.05, 4.69) is 40.0 Å². The Bertz CT molecular complexity index is 791. The molecule has 2 N–H and O–H groups in total. The van der Waals surface area contributed by atoms with E-state index in [9.17, 15) is 5.11 Å². The summed E-state index contributed by atoms with van der Waals surface area (Å²) in [6, 6.07) is 16.0. The van der Waals surface area contributed by atoms with Crippen molar-refractivity contribution in [1.29, 1.82) is 0 Å². The summed E-state index contributed by atoms with van der Waals surface area (Å²) in [5.41, 5.74) is 2.75. The fourth-order valence-corrected chi connectivity index (χ4v) is 3.33. The van der Waals surface area contributed by atoms with Crippen LogP contribution in [0.1, 0.15) is 19.4 Å². The molecule has 5 nitrogen and oxygen atoms in total. The van der Waals surface area contributed by atoms with E-state index in [-0.39, 0.29) is 18.7 Å². The second-order valence-electron chi connectivity index (χ2n) is 6.38. The van der Waals surface area contributed by atoms with Crippen LogP contribution < -0.4 is 10.1 Å². The molecule has 0 fully saturated rings. The number of fused-ring (bicyclic) bond motifs is 1. The van der Waals surface area contributed by atoms with Gasteiger partial charge in [-0.2, -0.15) is 8.75 Å². The van der Waals surface area contributed by atoms with Gasteiger partial charge in [0.15, 0.2) is 0 Å². The quantitative estimate of drug-likeness (QED) is 0.649. The molecule has 3 rings (SSSR count). The lowest BCUT2D eigenvalue weighted by molar-refractivity contribution is 0.0706. The summed E-state index contributed by atoms with van der Waals surface area (Å²) in [5.74, 6) is 0.660. The first-order chi connectivity index (χ1) is 12.1. The molecule has 0 spiro atoms. The van der Waals surface area contributed by atoms with Crippen LogP contribution in [-0.2, 0) is 6.42 Å². The Kier molecular flexibility index (Phi) is 5.96. The van der Waals surface area contributed by atoms with Crippen molar-refractivity contribution in [3.8, 4) is 5.75 Å². The minimum absolute atomic E-state index is 0.0878. The summed E-state index contributed by atoms with van der Waals surface area (Å²) in [6.45, 7) is 4.36. The van der Waals surface area contributed by atoms with Crippen LogP contribution in [-0.4, -0.2) is 38.6 Å². The second kappa shape index (κ2) is 8.38. The Morgan fingerprint density at radius 2 is 1.88 bits per heavy atom. The molecular weight excluding hydrogens is 334 g/mol. The number of aliphatic hydroxyl groups is 1. The van der Waals surface area contributed by atoms with E-state index in [0.717, 1.165) is 29.2 Å². The zero-order chi connectivity index (χ0) is 17.6. The fraction of sp³-hybridized carbons (Fsp3) is 0.368. The third-order valence-corrected chi connectivity index (χ3v) is 4.51. The third kappa shape index (κ3) is 4.75. The van der Waals surface area contributed by atoms with E-state index in [1.807, 2.05) is 36.4 Å². The molecule has 25 heavy (non-hydrogen) atoms. The standard InChI is InChI=1S/C19H23N3O2S/c1-13(2)20-16(11-14-7-4-3-5-8-14)17(23)12-24-18-10-6-9-15-19(18)22-25-21-15/h3-10,13,16-17,20,23H,11-12H2,1-2H3. The van der Waals surface area contributed by atoms with Gasteiger partial charge < -0.3 is 15.2 Å². The Labute approximate surface area is 152 Å². The molecule has 0 bridgehead atoms. The van der Waals surface area contributed by atoms with Gasteiger partial charge in [0.2, 0.25) is 0 Å². The lowest BCUT2D eigenvalue weighted by Gasteiger charge is -2.26. The van der Waals surface area contributed by atoms with Crippen LogP contribution in [0, 0.1) is 0 Å². The monoisotopic (exact) mass is 357 g/mol. The highest BCUT2D eigenvalue weighted by Gasteiger charge is 2.21. The maximum absolute atomic E-state index is 10.7. The molecule has 1 heterocycles. The number of nitrogens with one attached hydrogen (secondary N) is 1. The fourth-order valence-electron chi connectivity index (χ4n) is 2.79. The number of ether oxygens (including phenoxy) is 1. The van der Waals surface area contributed by atoms with Gasteiger partial charge in [0.05, 0.1) is 11.7 Å². The number of hydrogen-bond donors (Lipinski definition) is 2. The Hall–Kier alpha value is -2.02. The van der Waals surface area contributed by atoms with E-state index >= 15 is 0 Å². The molecule has 3 aromatic rings. The van der Waals surface area contributed by atoms with Crippen LogP contribution in [0.3, 0.4) is 0 Å². The van der Waals surface area contributed by atoms with Gasteiger partial charge >= 0.3 is 0 Å². The number of benzene rings is 2. The molecule has 2 aromatic carbocycles. The van der Waals surface area contributed by atoms with Crippen molar-refractivity contribution < 1.29 is 9.84 Å². The average Bonchev–Trinajstić information content (AvgIpc) is 3.09. The average molecular weight is 357 g/mol. The topological polar surface area (TPSA) is 67.3 Å². The maximum atomic E-state index is 10.7. The summed E-state index contributed by atoms with van der Waals surface area (Å²) in [4.78, 5) is 0. The minimum Gasteiger partial charge on any atom is -0.488 e. The normalized spacial score (nSPS) is 13.9. The van der Waals surface area contributed by atoms with Crippen LogP contribution in [0.5, 0.6) is 5.75 Å². The number of rotatable bonds is 8. The van der Waals surface area contributed by atoms with E-state index in [4.69, 9.17) is 4.74 Å². The summed E-state index contributed by atoms with van der Waals surface area (Å²) >= 11 is 1.16. The van der Waals surface area contributed by atoms with Crippen molar-refractivity contribution in [3.05, 3.63) is 54.1 Å². The van der Waals surface area contributed by atoms with Crippen LogP contribution in [0.15, 0.2) is 48.5 Å². The number of aromatic nitrogens is 2. The third-order valence-electron chi connectivity index (χ3n) is 3.97. The van der Waals surface area contributed by atoms with Crippen molar-refractivity contribution in [2.75, 3.05) is 6.61 Å². The van der Waals surface area contributed by atoms with Crippen LogP contribution >= 0.6 is 11.7 Å². The zero-order valence-corrected chi connectivity index (χ0v) is 15.2. The van der Waals surface area contributed by atoms with Gasteiger partial charge in [-0.3, -0.25) is 0 Å². The second-order valence-corrected chi connectivity index (χ2v) is 6.91. The highest BCUT2D eigenvalue weighted by Crippen LogP contribution is 2.23. The van der Waals surface area contributed by atoms with Gasteiger partial charge in [-0.25, -0.2) is 0 Å². The van der Waals surface area contributed by atoms with Gasteiger partial charge in [0, 0.05) is 12.1 Å². The first kappa shape index (κ1) is 17.8. The minimum atomic E-state index is -0.635. The van der Waals surface area contributed by atoms with Gasteiger partial charge in [0.1, 0.15) is 29.5 Å². The van der Waals surface area contributed by atoms with Crippen molar-refractivity contribution in [1.82, 2.24) is 14.1 Å². The van der Waals surface area contributed by atoms with Gasteiger partial charge in [-0.05, 0) is 24.1 Å². The molecule has 1 aromatic heterocycles. The highest BCUT2D eigenvalue weighted by molar-refractivity contribution is 7.00. The van der Waals surface area contributed by atoms with E-state index in [1.165, 1.54) is 5.56 Å². The van der Waals surface area contributed by atoms with Gasteiger partial charge in [-0.15, -0.1) is 0 Å². The Balaban J connectivity index is 1.67. The first-order valence-corrected chi connectivity index (χ1v) is 9.18. The SMILES string of the molecule is CC(C)NC(Cc1ccccc1)C(O)COc1cccc2nsnc12. The van der Waals surface area contributed by atoms with Crippen LogP contribution in [0.4, 0.5) is 0 Å². The smallest absolute Gasteiger partial charge is 0.148 e. The van der Waals surface area contributed by atoms with E-state index in [0.29, 0.717) is 5.75 Å². The molecule has 0 radical (unpaired) electrons. The summed E-state index contributed by atoms with van der Waals surface area (Å²) in [6.07, 6.45) is 0.107. The van der Waals surface area contributed by atoms with Crippen molar-refractivity contribution in [2.45, 2.75) is 38.5 Å². The van der Waals surface area contributed by atoms with Crippen LogP contribution in [0.25, 0.3) is 11.0 Å². The lowest BCUT2D eigenvalue weighted by atomic mass is 10.0.